The predicted molar refractivity (Wildman–Crippen MR) is 260 cm³/mol. The van der Waals surface area contributed by atoms with Crippen LogP contribution in [0.25, 0.3) is 75.8 Å². The van der Waals surface area contributed by atoms with Crippen LogP contribution in [0.4, 0.5) is 17.1 Å². The van der Waals surface area contributed by atoms with Gasteiger partial charge in [-0.05, 0) is 110 Å². The van der Waals surface area contributed by atoms with Gasteiger partial charge in [0.15, 0.2) is 0 Å². The van der Waals surface area contributed by atoms with Gasteiger partial charge in [-0.25, -0.2) is 0 Å². The third-order valence-corrected chi connectivity index (χ3v) is 14.7. The van der Waals surface area contributed by atoms with Crippen LogP contribution < -0.4 is 4.90 Å². The Labute approximate surface area is 361 Å². The second-order valence-corrected chi connectivity index (χ2v) is 17.8. The summed E-state index contributed by atoms with van der Waals surface area (Å²) in [5.74, 6) is 0. The molecule has 1 heterocycles. The molecule has 2 aliphatic carbocycles. The molecule has 12 rings (SSSR count). The molecule has 2 heteroatoms. The summed E-state index contributed by atoms with van der Waals surface area (Å²) in [4.78, 5) is 2.50. The van der Waals surface area contributed by atoms with Gasteiger partial charge >= 0.3 is 0 Å². The van der Waals surface area contributed by atoms with Crippen molar-refractivity contribution < 1.29 is 0 Å². The van der Waals surface area contributed by atoms with Gasteiger partial charge in [-0.3, -0.25) is 0 Å². The molecule has 1 nitrogen and oxygen atoms in total. The average Bonchev–Trinajstić information content (AvgIpc) is 4.06. The van der Waals surface area contributed by atoms with Crippen LogP contribution in [0.2, 0.25) is 0 Å². The molecular formula is C59H43NS. The highest BCUT2D eigenvalue weighted by Gasteiger charge is 2.44. The van der Waals surface area contributed by atoms with Crippen LogP contribution in [0.15, 0.2) is 212 Å². The van der Waals surface area contributed by atoms with Gasteiger partial charge in [-0.15, -0.1) is 11.3 Å². The summed E-state index contributed by atoms with van der Waals surface area (Å²) in [6.45, 7) is 0. The molecule has 0 atom stereocenters. The fraction of sp³-hybridized carbons (Fsp3) is 0.0847. The minimum Gasteiger partial charge on any atom is -0.308 e. The molecule has 290 valence electrons. The highest BCUT2D eigenvalue weighted by atomic mass is 32.1. The van der Waals surface area contributed by atoms with E-state index in [4.69, 9.17) is 0 Å². The number of rotatable bonds is 7. The Bertz CT molecular complexity index is 3260. The molecule has 2 aliphatic rings. The molecule has 0 bridgehead atoms. The quantitative estimate of drug-likeness (QED) is 0.155. The Kier molecular flexibility index (Phi) is 8.61. The summed E-state index contributed by atoms with van der Waals surface area (Å²) >= 11 is 1.88. The minimum absolute atomic E-state index is 0.142. The standard InChI is InChI=1S/C59H43NS/c1-2-17-41(18-3-1)44-19-4-5-20-45(44)46-21-6-7-22-47(46)50-24-9-12-28-55(50)60(56-29-16-26-52-51-25-10-13-30-57(51)61-58(52)56)43-34-31-40(32-35-43)42-33-36-49-48-23-8-11-27-53(48)59(54(49)39-42)37-14-15-38-59/h1-13,16-36,39H,14-15,37-38H2. The normalized spacial score (nSPS) is 13.8. The molecule has 1 saturated carbocycles. The highest BCUT2D eigenvalue weighted by Crippen LogP contribution is 2.57. The highest BCUT2D eigenvalue weighted by molar-refractivity contribution is 7.26. The molecule has 0 radical (unpaired) electrons. The molecule has 0 N–H and O–H groups in total. The first-order valence-electron chi connectivity index (χ1n) is 21.6. The summed E-state index contributed by atoms with van der Waals surface area (Å²) in [7, 11) is 0. The van der Waals surface area contributed by atoms with Crippen molar-refractivity contribution >= 4 is 48.6 Å². The van der Waals surface area contributed by atoms with Gasteiger partial charge in [0.25, 0.3) is 0 Å². The average molecular weight is 798 g/mol. The van der Waals surface area contributed by atoms with Crippen LogP contribution in [0, 0.1) is 0 Å². The summed E-state index contributed by atoms with van der Waals surface area (Å²) in [5.41, 5.74) is 19.3. The molecule has 9 aromatic carbocycles. The Morgan fingerprint density at radius 1 is 0.361 bits per heavy atom. The largest absolute Gasteiger partial charge is 0.308 e. The van der Waals surface area contributed by atoms with E-state index in [0.29, 0.717) is 0 Å². The monoisotopic (exact) mass is 797 g/mol. The number of hydrogen-bond donors (Lipinski definition) is 0. The third-order valence-electron chi connectivity index (χ3n) is 13.5. The molecular weight excluding hydrogens is 755 g/mol. The van der Waals surface area contributed by atoms with Crippen molar-refractivity contribution in [2.45, 2.75) is 31.1 Å². The number of benzene rings is 9. The Balaban J connectivity index is 1.02. The summed E-state index contributed by atoms with van der Waals surface area (Å²) in [6, 6.07) is 78.9. The summed E-state index contributed by atoms with van der Waals surface area (Å²) in [6.07, 6.45) is 5.05. The van der Waals surface area contributed by atoms with Crippen molar-refractivity contribution in [1.29, 1.82) is 0 Å². The van der Waals surface area contributed by atoms with E-state index in [1.54, 1.807) is 0 Å². The SMILES string of the molecule is c1ccc(-c2ccccc2-c2ccccc2-c2ccccc2N(c2ccc(-c3ccc4c(c3)C3(CCCC3)c3ccccc3-4)cc2)c2cccc3c2sc2ccccc23)cc1. The Morgan fingerprint density at radius 3 is 1.70 bits per heavy atom. The van der Waals surface area contributed by atoms with Crippen molar-refractivity contribution in [3.63, 3.8) is 0 Å². The van der Waals surface area contributed by atoms with Crippen molar-refractivity contribution in [3.05, 3.63) is 223 Å². The van der Waals surface area contributed by atoms with Crippen molar-refractivity contribution in [2.75, 3.05) is 4.90 Å². The van der Waals surface area contributed by atoms with Gasteiger partial charge in [0.05, 0.1) is 16.1 Å². The number of thiophene rings is 1. The van der Waals surface area contributed by atoms with E-state index >= 15 is 0 Å². The first-order valence-corrected chi connectivity index (χ1v) is 22.5. The number of fused-ring (bicyclic) bond motifs is 8. The zero-order valence-corrected chi connectivity index (χ0v) is 34.7. The fourth-order valence-electron chi connectivity index (χ4n) is 10.7. The number of nitrogens with zero attached hydrogens (tertiary/aromatic N) is 1. The van der Waals surface area contributed by atoms with E-state index in [-0.39, 0.29) is 5.41 Å². The van der Waals surface area contributed by atoms with Crippen LogP contribution in [0.3, 0.4) is 0 Å². The van der Waals surface area contributed by atoms with Crippen LogP contribution in [0.5, 0.6) is 0 Å². The number of anilines is 3. The van der Waals surface area contributed by atoms with E-state index < -0.39 is 0 Å². The first kappa shape index (κ1) is 35.9. The lowest BCUT2D eigenvalue weighted by atomic mass is 9.76. The minimum atomic E-state index is 0.142. The maximum atomic E-state index is 2.52. The maximum Gasteiger partial charge on any atom is 0.0640 e. The van der Waals surface area contributed by atoms with E-state index in [2.05, 4.69) is 217 Å². The van der Waals surface area contributed by atoms with Crippen LogP contribution >= 0.6 is 11.3 Å². The van der Waals surface area contributed by atoms with Crippen molar-refractivity contribution in [1.82, 2.24) is 0 Å². The predicted octanol–water partition coefficient (Wildman–Crippen LogP) is 17.0. The molecule has 0 amide bonds. The molecule has 61 heavy (non-hydrogen) atoms. The molecule has 1 aromatic heterocycles. The summed E-state index contributed by atoms with van der Waals surface area (Å²) in [5, 5.41) is 2.59. The maximum absolute atomic E-state index is 2.52. The van der Waals surface area contributed by atoms with Crippen molar-refractivity contribution in [2.24, 2.45) is 0 Å². The molecule has 10 aromatic rings. The molecule has 0 saturated heterocycles. The Morgan fingerprint density at radius 2 is 0.918 bits per heavy atom. The van der Waals surface area contributed by atoms with Crippen molar-refractivity contribution in [3.8, 4) is 55.6 Å². The molecule has 1 fully saturated rings. The topological polar surface area (TPSA) is 3.24 Å². The van der Waals surface area contributed by atoms with Crippen LogP contribution in [-0.2, 0) is 5.41 Å². The molecule has 1 spiro atoms. The van der Waals surface area contributed by atoms with E-state index in [1.165, 1.54) is 118 Å². The Hall–Kier alpha value is -7.00. The van der Waals surface area contributed by atoms with E-state index in [0.717, 1.165) is 11.4 Å². The lowest BCUT2D eigenvalue weighted by Crippen LogP contribution is -2.20. The van der Waals surface area contributed by atoms with Gasteiger partial charge in [0.2, 0.25) is 0 Å². The third kappa shape index (κ3) is 5.81. The van der Waals surface area contributed by atoms with Gasteiger partial charge in [0, 0.05) is 32.1 Å². The van der Waals surface area contributed by atoms with Gasteiger partial charge < -0.3 is 4.90 Å². The zero-order valence-electron chi connectivity index (χ0n) is 33.9. The van der Waals surface area contributed by atoms with Gasteiger partial charge in [-0.2, -0.15) is 0 Å². The second kappa shape index (κ2) is 14.6. The summed E-state index contributed by atoms with van der Waals surface area (Å²) < 4.78 is 2.58. The van der Waals surface area contributed by atoms with E-state index in [9.17, 15) is 0 Å². The second-order valence-electron chi connectivity index (χ2n) is 16.7. The number of hydrogen-bond acceptors (Lipinski definition) is 2. The fourth-order valence-corrected chi connectivity index (χ4v) is 11.9. The molecule has 0 unspecified atom stereocenters. The molecule has 0 aliphatic heterocycles. The van der Waals surface area contributed by atoms with E-state index in [1.807, 2.05) is 11.3 Å². The zero-order chi connectivity index (χ0) is 40.3. The lowest BCUT2D eigenvalue weighted by molar-refractivity contribution is 0.550. The first-order chi connectivity index (χ1) is 30.2. The number of para-hydroxylation sites is 1. The van der Waals surface area contributed by atoms with Crippen LogP contribution in [-0.4, -0.2) is 0 Å². The van der Waals surface area contributed by atoms with Gasteiger partial charge in [0.1, 0.15) is 0 Å². The lowest BCUT2D eigenvalue weighted by Gasteiger charge is -2.29. The van der Waals surface area contributed by atoms with Crippen LogP contribution in [0.1, 0.15) is 36.8 Å². The smallest absolute Gasteiger partial charge is 0.0640 e. The van der Waals surface area contributed by atoms with Gasteiger partial charge in [-0.1, -0.05) is 189 Å².